The Morgan fingerprint density at radius 1 is 1.11 bits per heavy atom. The van der Waals surface area contributed by atoms with Gasteiger partial charge in [0, 0.05) is 57.4 Å². The summed E-state index contributed by atoms with van der Waals surface area (Å²) in [6.45, 7) is 5.03. The van der Waals surface area contributed by atoms with Gasteiger partial charge in [0.15, 0.2) is 0 Å². The third-order valence-electron chi connectivity index (χ3n) is 8.87. The maximum atomic E-state index is 13.2. The van der Waals surface area contributed by atoms with Gasteiger partial charge in [-0.05, 0) is 68.9 Å². The molecule has 0 radical (unpaired) electrons. The van der Waals surface area contributed by atoms with Crippen LogP contribution in [-0.4, -0.2) is 34.6 Å². The number of nitrogens with zero attached hydrogens (tertiary/aromatic N) is 1. The van der Waals surface area contributed by atoms with Crippen molar-refractivity contribution in [3.8, 4) is 11.1 Å². The number of carbonyl (C=O) groups excluding carboxylic acids is 1. The first-order valence-electron chi connectivity index (χ1n) is 13.5. The third-order valence-corrected chi connectivity index (χ3v) is 9.39. The highest BCUT2D eigenvalue weighted by Crippen LogP contribution is 2.40. The van der Waals surface area contributed by atoms with Gasteiger partial charge >= 0.3 is 5.63 Å². The number of amides is 1. The van der Waals surface area contributed by atoms with Crippen LogP contribution in [0.2, 0.25) is 0 Å². The molecule has 2 aromatic heterocycles. The number of fused-ring (bicyclic) bond motifs is 3. The molecular formula is C31H32BrNO5. The van der Waals surface area contributed by atoms with E-state index in [9.17, 15) is 14.7 Å². The SMILES string of the molecule is Cc1c(CCC(=O)N2CC[C@]3(O)CCCC[C@@H]3C2)c(=O)oc2c(C)c3occ(-c4ccc(Br)cc4)c3cc12. The highest BCUT2D eigenvalue weighted by Gasteiger charge is 2.43. The van der Waals surface area contributed by atoms with E-state index in [1.54, 1.807) is 6.26 Å². The molecule has 7 heteroatoms. The lowest BCUT2D eigenvalue weighted by Gasteiger charge is -2.47. The molecule has 1 saturated heterocycles. The number of rotatable bonds is 4. The lowest BCUT2D eigenvalue weighted by atomic mass is 9.71. The maximum Gasteiger partial charge on any atom is 0.339 e. The summed E-state index contributed by atoms with van der Waals surface area (Å²) in [6.07, 6.45) is 6.95. The van der Waals surface area contributed by atoms with Crippen LogP contribution in [0.1, 0.15) is 55.2 Å². The molecule has 6 nitrogen and oxygen atoms in total. The molecule has 2 atom stereocenters. The number of aryl methyl sites for hydroxylation is 2. The van der Waals surface area contributed by atoms with Crippen LogP contribution in [0.4, 0.5) is 0 Å². The molecule has 1 amide bonds. The van der Waals surface area contributed by atoms with Crippen LogP contribution >= 0.6 is 15.9 Å². The Morgan fingerprint density at radius 3 is 2.68 bits per heavy atom. The second-order valence-corrected chi connectivity index (χ2v) is 12.0. The molecule has 2 fully saturated rings. The number of carbonyl (C=O) groups is 1. The van der Waals surface area contributed by atoms with Crippen LogP contribution in [0, 0.1) is 19.8 Å². The molecule has 2 aromatic carbocycles. The maximum absolute atomic E-state index is 13.2. The zero-order valence-electron chi connectivity index (χ0n) is 21.8. The fourth-order valence-electron chi connectivity index (χ4n) is 6.53. The van der Waals surface area contributed by atoms with Crippen molar-refractivity contribution in [1.82, 2.24) is 4.90 Å². The zero-order chi connectivity index (χ0) is 26.6. The quantitative estimate of drug-likeness (QED) is 0.274. The highest BCUT2D eigenvalue weighted by molar-refractivity contribution is 9.10. The molecule has 1 N–H and O–H groups in total. The van der Waals surface area contributed by atoms with Gasteiger partial charge in [0.1, 0.15) is 11.2 Å². The van der Waals surface area contributed by atoms with Crippen molar-refractivity contribution in [2.75, 3.05) is 13.1 Å². The molecule has 4 aromatic rings. The number of furan rings is 1. The first-order chi connectivity index (χ1) is 18.2. The van der Waals surface area contributed by atoms with Gasteiger partial charge in [0.2, 0.25) is 5.91 Å². The van der Waals surface area contributed by atoms with E-state index in [4.69, 9.17) is 8.83 Å². The molecular weight excluding hydrogens is 546 g/mol. The topological polar surface area (TPSA) is 83.9 Å². The van der Waals surface area contributed by atoms with E-state index in [2.05, 4.69) is 15.9 Å². The van der Waals surface area contributed by atoms with Crippen molar-refractivity contribution in [2.24, 2.45) is 5.92 Å². The molecule has 3 heterocycles. The number of piperidine rings is 1. The summed E-state index contributed by atoms with van der Waals surface area (Å²) < 4.78 is 12.8. The fourth-order valence-corrected chi connectivity index (χ4v) is 6.79. The Kier molecular flexibility index (Phi) is 6.47. The summed E-state index contributed by atoms with van der Waals surface area (Å²) in [5, 5.41) is 12.8. The lowest BCUT2D eigenvalue weighted by Crippen LogP contribution is -2.54. The Hall–Kier alpha value is -2.90. The highest BCUT2D eigenvalue weighted by atomic mass is 79.9. The molecule has 2 aliphatic rings. The Bertz CT molecular complexity index is 1600. The molecule has 1 saturated carbocycles. The Morgan fingerprint density at radius 2 is 1.89 bits per heavy atom. The van der Waals surface area contributed by atoms with Crippen LogP contribution in [0.25, 0.3) is 33.1 Å². The summed E-state index contributed by atoms with van der Waals surface area (Å²) in [4.78, 5) is 28.1. The molecule has 38 heavy (non-hydrogen) atoms. The minimum atomic E-state index is -0.615. The van der Waals surface area contributed by atoms with Crippen molar-refractivity contribution >= 4 is 43.8 Å². The summed E-state index contributed by atoms with van der Waals surface area (Å²) in [6, 6.07) is 10.1. The molecule has 6 rings (SSSR count). The van der Waals surface area contributed by atoms with Crippen molar-refractivity contribution in [3.63, 3.8) is 0 Å². The normalized spacial score (nSPS) is 21.7. The predicted molar refractivity (Wildman–Crippen MR) is 151 cm³/mol. The zero-order valence-corrected chi connectivity index (χ0v) is 23.4. The van der Waals surface area contributed by atoms with Crippen LogP contribution in [0.15, 0.2) is 54.7 Å². The minimum absolute atomic E-state index is 0.0375. The van der Waals surface area contributed by atoms with E-state index in [0.717, 1.165) is 63.2 Å². The summed E-state index contributed by atoms with van der Waals surface area (Å²) in [5.74, 6) is 0.192. The molecule has 1 aliphatic carbocycles. The van der Waals surface area contributed by atoms with Gasteiger partial charge in [-0.15, -0.1) is 0 Å². The van der Waals surface area contributed by atoms with Gasteiger partial charge in [-0.1, -0.05) is 40.9 Å². The molecule has 0 unspecified atom stereocenters. The van der Waals surface area contributed by atoms with Gasteiger partial charge in [-0.25, -0.2) is 4.79 Å². The number of likely N-dealkylation sites (tertiary alicyclic amines) is 1. The van der Waals surface area contributed by atoms with E-state index in [0.29, 0.717) is 42.7 Å². The van der Waals surface area contributed by atoms with E-state index in [1.807, 2.05) is 49.1 Å². The Labute approximate surface area is 229 Å². The van der Waals surface area contributed by atoms with Crippen molar-refractivity contribution in [3.05, 3.63) is 68.2 Å². The Balaban J connectivity index is 1.29. The van der Waals surface area contributed by atoms with E-state index < -0.39 is 11.2 Å². The van der Waals surface area contributed by atoms with Crippen LogP contribution in [0.3, 0.4) is 0 Å². The van der Waals surface area contributed by atoms with Crippen LogP contribution < -0.4 is 5.63 Å². The van der Waals surface area contributed by atoms with Crippen molar-refractivity contribution in [2.45, 2.75) is 64.4 Å². The van der Waals surface area contributed by atoms with Gasteiger partial charge < -0.3 is 18.8 Å². The monoisotopic (exact) mass is 577 g/mol. The number of benzene rings is 2. The number of hydrogen-bond donors (Lipinski definition) is 1. The molecule has 1 aliphatic heterocycles. The summed E-state index contributed by atoms with van der Waals surface area (Å²) in [7, 11) is 0. The average Bonchev–Trinajstić information content (AvgIpc) is 3.33. The van der Waals surface area contributed by atoms with Crippen LogP contribution in [0.5, 0.6) is 0 Å². The van der Waals surface area contributed by atoms with Gasteiger partial charge in [0.25, 0.3) is 0 Å². The summed E-state index contributed by atoms with van der Waals surface area (Å²) in [5.41, 5.74) is 4.42. The van der Waals surface area contributed by atoms with E-state index in [-0.39, 0.29) is 18.2 Å². The second kappa shape index (κ2) is 9.69. The third kappa shape index (κ3) is 4.30. The average molecular weight is 579 g/mol. The van der Waals surface area contributed by atoms with Gasteiger partial charge in [0.05, 0.1) is 11.9 Å². The molecule has 0 spiro atoms. The fraction of sp³-hybridized carbons (Fsp3) is 0.419. The first-order valence-corrected chi connectivity index (χ1v) is 14.3. The van der Waals surface area contributed by atoms with E-state index >= 15 is 0 Å². The van der Waals surface area contributed by atoms with Crippen LogP contribution in [-0.2, 0) is 11.2 Å². The number of hydrogen-bond acceptors (Lipinski definition) is 5. The predicted octanol–water partition coefficient (Wildman–Crippen LogP) is 6.67. The van der Waals surface area contributed by atoms with Crippen molar-refractivity contribution < 1.29 is 18.7 Å². The molecule has 198 valence electrons. The first kappa shape index (κ1) is 25.4. The number of aliphatic hydroxyl groups is 1. The van der Waals surface area contributed by atoms with Crippen molar-refractivity contribution in [1.29, 1.82) is 0 Å². The van der Waals surface area contributed by atoms with Gasteiger partial charge in [-0.2, -0.15) is 0 Å². The lowest BCUT2D eigenvalue weighted by molar-refractivity contribution is -0.143. The minimum Gasteiger partial charge on any atom is -0.463 e. The summed E-state index contributed by atoms with van der Waals surface area (Å²) >= 11 is 3.49. The molecule has 0 bridgehead atoms. The smallest absolute Gasteiger partial charge is 0.339 e. The number of halogens is 1. The van der Waals surface area contributed by atoms with Gasteiger partial charge in [-0.3, -0.25) is 4.79 Å². The van der Waals surface area contributed by atoms with E-state index in [1.165, 1.54) is 0 Å². The second-order valence-electron chi connectivity index (χ2n) is 11.0. The standard InChI is InChI=1S/C31H32BrNO5/c1-18-23(10-11-27(34)33-14-13-31(36)12-4-3-5-21(31)16-33)30(35)38-29-19(2)28-25(15-24(18)29)26(17-37-28)20-6-8-22(32)9-7-20/h6-9,15,17,21,36H,3-5,10-14,16H2,1-2H3/t21-,31-/m1/s1. The largest absolute Gasteiger partial charge is 0.463 e.